The summed E-state index contributed by atoms with van der Waals surface area (Å²) in [4.78, 5) is 5.79. The summed E-state index contributed by atoms with van der Waals surface area (Å²) >= 11 is 1.78. The number of para-hydroxylation sites is 2. The van der Waals surface area contributed by atoms with Gasteiger partial charge in [0.2, 0.25) is 0 Å². The van der Waals surface area contributed by atoms with Crippen molar-refractivity contribution in [3.63, 3.8) is 0 Å². The van der Waals surface area contributed by atoms with E-state index in [0.29, 0.717) is 0 Å². The maximum atomic E-state index is 4.63. The van der Waals surface area contributed by atoms with Gasteiger partial charge in [-0.25, -0.2) is 0 Å². The van der Waals surface area contributed by atoms with Gasteiger partial charge in [0, 0.05) is 33.4 Å². The molecule has 4 heteroatoms. The van der Waals surface area contributed by atoms with E-state index >= 15 is 0 Å². The average molecular weight is 644 g/mol. The lowest BCUT2D eigenvalue weighted by molar-refractivity contribution is 1.18. The summed E-state index contributed by atoms with van der Waals surface area (Å²) in [6.07, 6.45) is 1.86. The molecule has 0 amide bonds. The minimum absolute atomic E-state index is 0.995. The van der Waals surface area contributed by atoms with Gasteiger partial charge in [0.05, 0.1) is 32.6 Å². The molecule has 3 nitrogen and oxygen atoms in total. The molecule has 0 aliphatic heterocycles. The van der Waals surface area contributed by atoms with Crippen molar-refractivity contribution in [2.24, 2.45) is 0 Å². The highest BCUT2D eigenvalue weighted by Crippen LogP contribution is 2.42. The predicted octanol–water partition coefficient (Wildman–Crippen LogP) is 12.3. The van der Waals surface area contributed by atoms with Crippen molar-refractivity contribution in [1.82, 2.24) is 14.1 Å². The number of benzene rings is 6. The average Bonchev–Trinajstić information content (AvgIpc) is 3.87. The number of hydrogen-bond acceptors (Lipinski definition) is 2. The van der Waals surface area contributed by atoms with Crippen molar-refractivity contribution in [1.29, 1.82) is 0 Å². The fraction of sp³-hybridized carbons (Fsp3) is 0. The van der Waals surface area contributed by atoms with Crippen LogP contribution in [0.15, 0.2) is 176 Å². The largest absolute Gasteiger partial charge is 0.309 e. The highest BCUT2D eigenvalue weighted by Gasteiger charge is 2.20. The van der Waals surface area contributed by atoms with Crippen LogP contribution in [0.4, 0.5) is 0 Å². The summed E-state index contributed by atoms with van der Waals surface area (Å²) in [5, 5.41) is 6.17. The Kier molecular flexibility index (Phi) is 6.36. The van der Waals surface area contributed by atoms with Crippen LogP contribution in [0.25, 0.3) is 87.1 Å². The summed E-state index contributed by atoms with van der Waals surface area (Å²) in [5.74, 6) is 0. The molecule has 6 aromatic carbocycles. The molecule has 0 atom stereocenters. The molecule has 0 N–H and O–H groups in total. The Balaban J connectivity index is 1.28. The maximum Gasteiger partial charge on any atom is 0.101 e. The topological polar surface area (TPSA) is 22.8 Å². The molecule has 0 spiro atoms. The van der Waals surface area contributed by atoms with E-state index in [1.165, 1.54) is 70.9 Å². The third-order valence-corrected chi connectivity index (χ3v) is 10.7. The third-order valence-electron chi connectivity index (χ3n) is 9.59. The first-order valence-corrected chi connectivity index (χ1v) is 17.4. The minimum Gasteiger partial charge on any atom is -0.309 e. The molecule has 0 saturated carbocycles. The zero-order chi connectivity index (χ0) is 32.3. The molecule has 4 aromatic heterocycles. The normalized spacial score (nSPS) is 11.7. The molecule has 230 valence electrons. The summed E-state index contributed by atoms with van der Waals surface area (Å²) in [6.45, 7) is 0. The second-order valence-corrected chi connectivity index (χ2v) is 13.5. The van der Waals surface area contributed by atoms with Gasteiger partial charge < -0.3 is 9.13 Å². The van der Waals surface area contributed by atoms with Gasteiger partial charge in [-0.3, -0.25) is 4.98 Å². The van der Waals surface area contributed by atoms with E-state index in [9.17, 15) is 0 Å². The molecule has 4 heterocycles. The second-order valence-electron chi connectivity index (χ2n) is 12.4. The standard InChI is InChI=1S/C45H29N3S/c1-3-13-30(14-4-1)32-25-33(31-15-5-2-6-16-31)27-34(26-32)47-40-20-9-7-17-35(40)37-28-38-36-18-8-10-21-41(36)48(43(38)29-42(37)47)45-23-22-44(49-45)39-19-11-12-24-46-39/h1-29H. The molecule has 10 aromatic rings. The van der Waals surface area contributed by atoms with E-state index in [4.69, 9.17) is 0 Å². The van der Waals surface area contributed by atoms with Crippen LogP contribution in [0.1, 0.15) is 0 Å². The number of thiophene rings is 1. The molecular weight excluding hydrogens is 615 g/mol. The van der Waals surface area contributed by atoms with Gasteiger partial charge in [-0.1, -0.05) is 103 Å². The van der Waals surface area contributed by atoms with Crippen molar-refractivity contribution in [3.8, 4) is 43.5 Å². The summed E-state index contributed by atoms with van der Waals surface area (Å²) in [6, 6.07) is 61.3. The lowest BCUT2D eigenvalue weighted by Crippen LogP contribution is -1.96. The van der Waals surface area contributed by atoms with Crippen LogP contribution in [0, 0.1) is 0 Å². The molecule has 49 heavy (non-hydrogen) atoms. The summed E-state index contributed by atoms with van der Waals surface area (Å²) in [7, 11) is 0. The van der Waals surface area contributed by atoms with Crippen LogP contribution in [-0.4, -0.2) is 14.1 Å². The van der Waals surface area contributed by atoms with E-state index in [-0.39, 0.29) is 0 Å². The third kappa shape index (κ3) is 4.53. The van der Waals surface area contributed by atoms with Gasteiger partial charge in [-0.2, -0.15) is 0 Å². The lowest BCUT2D eigenvalue weighted by atomic mass is 9.98. The maximum absolute atomic E-state index is 4.63. The zero-order valence-corrected chi connectivity index (χ0v) is 27.3. The molecule has 0 aliphatic rings. The zero-order valence-electron chi connectivity index (χ0n) is 26.5. The van der Waals surface area contributed by atoms with Crippen LogP contribution in [-0.2, 0) is 0 Å². The first-order chi connectivity index (χ1) is 24.3. The lowest BCUT2D eigenvalue weighted by Gasteiger charge is -2.14. The highest BCUT2D eigenvalue weighted by atomic mass is 32.1. The second kappa shape index (κ2) is 11.2. The van der Waals surface area contributed by atoms with Crippen molar-refractivity contribution < 1.29 is 0 Å². The van der Waals surface area contributed by atoms with E-state index in [1.54, 1.807) is 11.3 Å². The van der Waals surface area contributed by atoms with Gasteiger partial charge in [-0.05, 0) is 89.0 Å². The number of pyridine rings is 1. The van der Waals surface area contributed by atoms with E-state index in [2.05, 4.69) is 172 Å². The first kappa shape index (κ1) is 27.8. The van der Waals surface area contributed by atoms with Crippen molar-refractivity contribution >= 4 is 54.9 Å². The van der Waals surface area contributed by atoms with Crippen LogP contribution >= 0.6 is 11.3 Å². The SMILES string of the molecule is c1ccc(-c2cc(-c3ccccc3)cc(-n3c4ccccc4c4cc5c6ccccc6n(-c6ccc(-c7ccccn7)s6)c5cc43)c2)cc1. The number of nitrogens with zero attached hydrogens (tertiary/aromatic N) is 3. The highest BCUT2D eigenvalue weighted by molar-refractivity contribution is 7.18. The van der Waals surface area contributed by atoms with Gasteiger partial charge >= 0.3 is 0 Å². The van der Waals surface area contributed by atoms with Crippen LogP contribution in [0.3, 0.4) is 0 Å². The Morgan fingerprint density at radius 1 is 0.388 bits per heavy atom. The quantitative estimate of drug-likeness (QED) is 0.183. The fourth-order valence-electron chi connectivity index (χ4n) is 7.38. The Morgan fingerprint density at radius 3 is 1.59 bits per heavy atom. The fourth-order valence-corrected chi connectivity index (χ4v) is 8.39. The van der Waals surface area contributed by atoms with Crippen LogP contribution in [0.2, 0.25) is 0 Å². The number of aromatic nitrogens is 3. The minimum atomic E-state index is 0.995. The van der Waals surface area contributed by atoms with E-state index in [0.717, 1.165) is 16.3 Å². The molecule has 0 bridgehead atoms. The monoisotopic (exact) mass is 643 g/mol. The van der Waals surface area contributed by atoms with E-state index < -0.39 is 0 Å². The Hall–Kier alpha value is -6.23. The van der Waals surface area contributed by atoms with Crippen LogP contribution < -0.4 is 0 Å². The summed E-state index contributed by atoms with van der Waals surface area (Å²) < 4.78 is 4.89. The molecule has 0 unspecified atom stereocenters. The molecule has 10 rings (SSSR count). The van der Waals surface area contributed by atoms with Crippen LogP contribution in [0.5, 0.6) is 0 Å². The van der Waals surface area contributed by atoms with Gasteiger partial charge in [0.15, 0.2) is 0 Å². The number of rotatable bonds is 5. The Bertz CT molecular complexity index is 2750. The smallest absolute Gasteiger partial charge is 0.101 e. The molecular formula is C45H29N3S. The molecule has 0 aliphatic carbocycles. The van der Waals surface area contributed by atoms with Crippen molar-refractivity contribution in [3.05, 3.63) is 176 Å². The van der Waals surface area contributed by atoms with Gasteiger partial charge in [0.25, 0.3) is 0 Å². The predicted molar refractivity (Wildman–Crippen MR) is 207 cm³/mol. The molecule has 0 radical (unpaired) electrons. The Morgan fingerprint density at radius 2 is 0.959 bits per heavy atom. The first-order valence-electron chi connectivity index (χ1n) is 16.5. The van der Waals surface area contributed by atoms with Gasteiger partial charge in [-0.15, -0.1) is 11.3 Å². The van der Waals surface area contributed by atoms with E-state index in [1.807, 2.05) is 18.3 Å². The number of fused-ring (bicyclic) bond motifs is 6. The summed E-state index contributed by atoms with van der Waals surface area (Å²) in [5.41, 5.74) is 11.7. The molecule has 0 saturated heterocycles. The Labute approximate surface area is 287 Å². The van der Waals surface area contributed by atoms with Crippen molar-refractivity contribution in [2.75, 3.05) is 0 Å². The number of hydrogen-bond donors (Lipinski definition) is 0. The van der Waals surface area contributed by atoms with Crippen molar-refractivity contribution in [2.45, 2.75) is 0 Å². The molecule has 0 fully saturated rings. The van der Waals surface area contributed by atoms with Gasteiger partial charge in [0.1, 0.15) is 5.00 Å².